The Bertz CT molecular complexity index is 1070. The van der Waals surface area contributed by atoms with E-state index in [9.17, 15) is 13.2 Å². The number of benzene rings is 2. The molecule has 5 nitrogen and oxygen atoms in total. The highest BCUT2D eigenvalue weighted by molar-refractivity contribution is 7.88. The van der Waals surface area contributed by atoms with Gasteiger partial charge in [0.05, 0.1) is 5.75 Å². The molecule has 0 aliphatic rings. The molecule has 0 bridgehead atoms. The summed E-state index contributed by atoms with van der Waals surface area (Å²) in [6, 6.07) is 16.6. The standard InChI is InChI=1S/C20H22N2O3S/c1-14(2)16-8-9-19-17(10-16)11-18(20(23)22-19)12-21-26(24,25)13-15-6-4-3-5-7-15/h3-11,14,21H,12-13H2,1-2H3,(H,22,23). The zero-order valence-electron chi connectivity index (χ0n) is 14.8. The molecule has 0 aliphatic carbocycles. The van der Waals surface area contributed by atoms with Gasteiger partial charge in [0.25, 0.3) is 5.56 Å². The molecule has 0 aliphatic heterocycles. The second-order valence-electron chi connectivity index (χ2n) is 6.69. The Hall–Kier alpha value is -2.44. The van der Waals surface area contributed by atoms with Gasteiger partial charge in [0.1, 0.15) is 0 Å². The maximum absolute atomic E-state index is 12.3. The number of H-pyrrole nitrogens is 1. The first-order chi connectivity index (χ1) is 12.3. The second kappa shape index (κ2) is 7.43. The van der Waals surface area contributed by atoms with E-state index in [-0.39, 0.29) is 17.9 Å². The van der Waals surface area contributed by atoms with E-state index in [0.29, 0.717) is 17.0 Å². The van der Waals surface area contributed by atoms with Crippen molar-refractivity contribution in [1.29, 1.82) is 0 Å². The average molecular weight is 370 g/mol. The molecule has 1 aromatic heterocycles. The molecule has 3 aromatic rings. The summed E-state index contributed by atoms with van der Waals surface area (Å²) in [5, 5.41) is 0.896. The first kappa shape index (κ1) is 18.4. The lowest BCUT2D eigenvalue weighted by Gasteiger charge is -2.09. The van der Waals surface area contributed by atoms with Crippen molar-refractivity contribution in [2.24, 2.45) is 0 Å². The predicted octanol–water partition coefficient (Wildman–Crippen LogP) is 3.27. The number of aromatic amines is 1. The van der Waals surface area contributed by atoms with Gasteiger partial charge in [0.15, 0.2) is 0 Å². The first-order valence-corrected chi connectivity index (χ1v) is 10.2. The van der Waals surface area contributed by atoms with Crippen LogP contribution < -0.4 is 10.3 Å². The Balaban J connectivity index is 1.81. The molecule has 0 radical (unpaired) electrons. The van der Waals surface area contributed by atoms with Crippen molar-refractivity contribution >= 4 is 20.9 Å². The SMILES string of the molecule is CC(C)c1ccc2[nH]c(=O)c(CNS(=O)(=O)Cc3ccccc3)cc2c1. The average Bonchev–Trinajstić information content (AvgIpc) is 2.60. The molecule has 0 saturated heterocycles. The molecule has 2 aromatic carbocycles. The number of hydrogen-bond acceptors (Lipinski definition) is 3. The van der Waals surface area contributed by atoms with Gasteiger partial charge in [-0.2, -0.15) is 0 Å². The van der Waals surface area contributed by atoms with E-state index in [4.69, 9.17) is 0 Å². The van der Waals surface area contributed by atoms with E-state index < -0.39 is 10.0 Å². The summed E-state index contributed by atoms with van der Waals surface area (Å²) in [4.78, 5) is 15.1. The third-order valence-electron chi connectivity index (χ3n) is 4.29. The lowest BCUT2D eigenvalue weighted by Crippen LogP contribution is -2.28. The van der Waals surface area contributed by atoms with E-state index in [1.807, 2.05) is 24.3 Å². The number of aromatic nitrogens is 1. The van der Waals surface area contributed by atoms with Gasteiger partial charge in [-0.3, -0.25) is 4.79 Å². The number of hydrogen-bond donors (Lipinski definition) is 2. The minimum Gasteiger partial charge on any atom is -0.322 e. The summed E-state index contributed by atoms with van der Waals surface area (Å²) in [7, 11) is -3.53. The summed E-state index contributed by atoms with van der Waals surface area (Å²) in [6.07, 6.45) is 0. The van der Waals surface area contributed by atoms with Crippen LogP contribution in [0, 0.1) is 0 Å². The molecule has 1 heterocycles. The Kier molecular flexibility index (Phi) is 5.25. The fourth-order valence-electron chi connectivity index (χ4n) is 2.79. The van der Waals surface area contributed by atoms with Crippen molar-refractivity contribution in [3.05, 3.63) is 81.6 Å². The van der Waals surface area contributed by atoms with Crippen LogP contribution >= 0.6 is 0 Å². The Morgan fingerprint density at radius 3 is 2.46 bits per heavy atom. The molecule has 0 atom stereocenters. The van der Waals surface area contributed by atoms with Crippen molar-refractivity contribution in [3.8, 4) is 0 Å². The van der Waals surface area contributed by atoms with Gasteiger partial charge in [-0.1, -0.05) is 50.2 Å². The largest absolute Gasteiger partial charge is 0.322 e. The fourth-order valence-corrected chi connectivity index (χ4v) is 3.90. The minimum atomic E-state index is -3.53. The molecule has 136 valence electrons. The number of fused-ring (bicyclic) bond motifs is 1. The minimum absolute atomic E-state index is 0.0354. The molecule has 0 saturated carbocycles. The van der Waals surface area contributed by atoms with Crippen LogP contribution in [0.3, 0.4) is 0 Å². The van der Waals surface area contributed by atoms with E-state index in [1.54, 1.807) is 30.3 Å². The maximum Gasteiger partial charge on any atom is 0.252 e. The van der Waals surface area contributed by atoms with E-state index in [1.165, 1.54) is 5.56 Å². The molecular weight excluding hydrogens is 348 g/mol. The number of nitrogens with one attached hydrogen (secondary N) is 2. The van der Waals surface area contributed by atoms with Crippen LogP contribution in [-0.2, 0) is 22.3 Å². The molecular formula is C20H22N2O3S. The quantitative estimate of drug-likeness (QED) is 0.699. The normalized spacial score (nSPS) is 12.0. The van der Waals surface area contributed by atoms with Gasteiger partial charge in [0.2, 0.25) is 10.0 Å². The zero-order valence-corrected chi connectivity index (χ0v) is 15.6. The lowest BCUT2D eigenvalue weighted by atomic mass is 10.0. The number of sulfonamides is 1. The third kappa shape index (κ3) is 4.39. The highest BCUT2D eigenvalue weighted by Crippen LogP contribution is 2.20. The predicted molar refractivity (Wildman–Crippen MR) is 105 cm³/mol. The molecule has 6 heteroatoms. The number of rotatable bonds is 6. The molecule has 0 unspecified atom stereocenters. The van der Waals surface area contributed by atoms with Crippen LogP contribution in [0.2, 0.25) is 0 Å². The monoisotopic (exact) mass is 370 g/mol. The fraction of sp³-hybridized carbons (Fsp3) is 0.250. The number of pyridine rings is 1. The summed E-state index contributed by atoms with van der Waals surface area (Å²) in [5.41, 5.74) is 2.73. The van der Waals surface area contributed by atoms with E-state index in [0.717, 1.165) is 10.9 Å². The van der Waals surface area contributed by atoms with Crippen LogP contribution in [0.15, 0.2) is 59.4 Å². The summed E-state index contributed by atoms with van der Waals surface area (Å²) in [5.74, 6) is 0.260. The van der Waals surface area contributed by atoms with Gasteiger partial charge in [-0.05, 0) is 40.6 Å². The van der Waals surface area contributed by atoms with E-state index >= 15 is 0 Å². The molecule has 0 amide bonds. The van der Waals surface area contributed by atoms with Crippen molar-refractivity contribution in [3.63, 3.8) is 0 Å². The van der Waals surface area contributed by atoms with Crippen molar-refractivity contribution < 1.29 is 8.42 Å². The molecule has 2 N–H and O–H groups in total. The van der Waals surface area contributed by atoms with Gasteiger partial charge in [-0.15, -0.1) is 0 Å². The summed E-state index contributed by atoms with van der Waals surface area (Å²) in [6.45, 7) is 4.17. The van der Waals surface area contributed by atoms with Crippen LogP contribution in [0.5, 0.6) is 0 Å². The van der Waals surface area contributed by atoms with Crippen LogP contribution in [0.1, 0.15) is 36.5 Å². The van der Waals surface area contributed by atoms with Crippen molar-refractivity contribution in [2.45, 2.75) is 32.1 Å². The van der Waals surface area contributed by atoms with Gasteiger partial charge >= 0.3 is 0 Å². The highest BCUT2D eigenvalue weighted by Gasteiger charge is 2.13. The van der Waals surface area contributed by atoms with Crippen molar-refractivity contribution in [1.82, 2.24) is 9.71 Å². The summed E-state index contributed by atoms with van der Waals surface area (Å²) >= 11 is 0. The molecule has 26 heavy (non-hydrogen) atoms. The van der Waals surface area contributed by atoms with E-state index in [2.05, 4.69) is 23.6 Å². The smallest absolute Gasteiger partial charge is 0.252 e. The second-order valence-corrected chi connectivity index (χ2v) is 8.50. The molecule has 3 rings (SSSR count). The molecule has 0 spiro atoms. The van der Waals surface area contributed by atoms with Gasteiger partial charge in [-0.25, -0.2) is 13.1 Å². The van der Waals surface area contributed by atoms with Gasteiger partial charge in [0, 0.05) is 17.6 Å². The Labute approximate surface area is 153 Å². The highest BCUT2D eigenvalue weighted by atomic mass is 32.2. The lowest BCUT2D eigenvalue weighted by molar-refractivity contribution is 0.580. The van der Waals surface area contributed by atoms with Crippen molar-refractivity contribution in [2.75, 3.05) is 0 Å². The van der Waals surface area contributed by atoms with Crippen LogP contribution in [0.25, 0.3) is 10.9 Å². The third-order valence-corrected chi connectivity index (χ3v) is 5.59. The Morgan fingerprint density at radius 1 is 1.04 bits per heavy atom. The van der Waals surface area contributed by atoms with Crippen LogP contribution in [-0.4, -0.2) is 13.4 Å². The molecule has 0 fully saturated rings. The Morgan fingerprint density at radius 2 is 1.77 bits per heavy atom. The van der Waals surface area contributed by atoms with Gasteiger partial charge < -0.3 is 4.98 Å². The first-order valence-electron chi connectivity index (χ1n) is 8.51. The zero-order chi connectivity index (χ0) is 18.7. The topological polar surface area (TPSA) is 79.0 Å². The maximum atomic E-state index is 12.3. The summed E-state index contributed by atoms with van der Waals surface area (Å²) < 4.78 is 27.1. The van der Waals surface area contributed by atoms with Crippen LogP contribution in [0.4, 0.5) is 0 Å².